The molecule has 0 bridgehead atoms. The fourth-order valence-electron chi connectivity index (χ4n) is 1.55. The van der Waals surface area contributed by atoms with Crippen LogP contribution in [-0.4, -0.2) is 25.3 Å². The van der Waals surface area contributed by atoms with Gasteiger partial charge in [-0.1, -0.05) is 6.42 Å². The van der Waals surface area contributed by atoms with Crippen molar-refractivity contribution >= 4 is 0 Å². The Morgan fingerprint density at radius 2 is 2.20 bits per heavy atom. The molecule has 0 amide bonds. The van der Waals surface area contributed by atoms with Gasteiger partial charge >= 0.3 is 0 Å². The summed E-state index contributed by atoms with van der Waals surface area (Å²) in [6.07, 6.45) is 4.90. The Morgan fingerprint density at radius 3 is 2.50 bits per heavy atom. The zero-order valence-electron chi connectivity index (χ0n) is 6.69. The van der Waals surface area contributed by atoms with Gasteiger partial charge in [0.1, 0.15) is 0 Å². The fraction of sp³-hybridized carbons (Fsp3) is 1.00. The zero-order chi connectivity index (χ0) is 7.45. The Kier molecular flexibility index (Phi) is 2.69. The second kappa shape index (κ2) is 3.35. The van der Waals surface area contributed by atoms with Gasteiger partial charge in [0.2, 0.25) is 0 Å². The molecule has 1 saturated carbocycles. The Bertz CT molecular complexity index is 93.9. The first-order chi connectivity index (χ1) is 4.83. The van der Waals surface area contributed by atoms with Crippen LogP contribution in [0.1, 0.15) is 25.7 Å². The van der Waals surface area contributed by atoms with Crippen molar-refractivity contribution in [3.8, 4) is 0 Å². The molecular formula is C8H17NO. The van der Waals surface area contributed by atoms with E-state index < -0.39 is 0 Å². The van der Waals surface area contributed by atoms with Crippen LogP contribution in [0, 0.1) is 5.41 Å². The van der Waals surface area contributed by atoms with Gasteiger partial charge in [-0.2, -0.15) is 0 Å². The van der Waals surface area contributed by atoms with Crippen LogP contribution in [0.2, 0.25) is 0 Å². The van der Waals surface area contributed by atoms with Crippen LogP contribution in [-0.2, 0) is 0 Å². The minimum atomic E-state index is 0.309. The average Bonchev–Trinajstić information content (AvgIpc) is 1.87. The van der Waals surface area contributed by atoms with Crippen molar-refractivity contribution < 1.29 is 5.11 Å². The maximum Gasteiger partial charge on any atom is 0.0487 e. The van der Waals surface area contributed by atoms with E-state index in [0.717, 1.165) is 13.0 Å². The van der Waals surface area contributed by atoms with E-state index in [-0.39, 0.29) is 0 Å². The maximum atomic E-state index is 9.04. The summed E-state index contributed by atoms with van der Waals surface area (Å²) in [4.78, 5) is 0. The molecule has 0 aromatic heterocycles. The van der Waals surface area contributed by atoms with Crippen molar-refractivity contribution in [3.05, 3.63) is 0 Å². The van der Waals surface area contributed by atoms with Crippen molar-refractivity contribution in [1.29, 1.82) is 0 Å². The Morgan fingerprint density at radius 1 is 1.50 bits per heavy atom. The third-order valence-electron chi connectivity index (χ3n) is 2.65. The minimum Gasteiger partial charge on any atom is -0.396 e. The predicted molar refractivity (Wildman–Crippen MR) is 41.9 cm³/mol. The van der Waals surface area contributed by atoms with Gasteiger partial charge in [-0.3, -0.25) is 0 Å². The highest BCUT2D eigenvalue weighted by atomic mass is 16.3. The lowest BCUT2D eigenvalue weighted by Gasteiger charge is -2.40. The molecule has 1 rings (SSSR count). The molecule has 1 aliphatic carbocycles. The first-order valence-corrected chi connectivity index (χ1v) is 4.08. The topological polar surface area (TPSA) is 32.3 Å². The van der Waals surface area contributed by atoms with Gasteiger partial charge in [-0.05, 0) is 38.3 Å². The molecular weight excluding hydrogens is 126 g/mol. The smallest absolute Gasteiger partial charge is 0.0487 e. The lowest BCUT2D eigenvalue weighted by Crippen LogP contribution is -2.35. The summed E-state index contributed by atoms with van der Waals surface area (Å²) < 4.78 is 0. The predicted octanol–water partition coefficient (Wildman–Crippen LogP) is 0.758. The van der Waals surface area contributed by atoms with E-state index in [9.17, 15) is 0 Å². The van der Waals surface area contributed by atoms with E-state index in [2.05, 4.69) is 5.32 Å². The summed E-state index contributed by atoms with van der Waals surface area (Å²) in [5, 5.41) is 12.2. The third-order valence-corrected chi connectivity index (χ3v) is 2.65. The molecule has 0 aromatic carbocycles. The second-order valence-corrected chi connectivity index (χ2v) is 3.37. The summed E-state index contributed by atoms with van der Waals surface area (Å²) in [6, 6.07) is 0. The standard InChI is InChI=1S/C8H17NO/c1-9-6-5-8(7-10)3-2-4-8/h9-10H,2-7H2,1H3. The first-order valence-electron chi connectivity index (χ1n) is 4.08. The quantitative estimate of drug-likeness (QED) is 0.609. The van der Waals surface area contributed by atoms with Crippen molar-refractivity contribution in [2.75, 3.05) is 20.2 Å². The van der Waals surface area contributed by atoms with E-state index in [4.69, 9.17) is 5.11 Å². The number of aliphatic hydroxyl groups is 1. The van der Waals surface area contributed by atoms with E-state index in [1.807, 2.05) is 7.05 Å². The molecule has 1 aliphatic rings. The molecule has 0 aliphatic heterocycles. The molecule has 10 heavy (non-hydrogen) atoms. The van der Waals surface area contributed by atoms with E-state index in [1.54, 1.807) is 0 Å². The highest BCUT2D eigenvalue weighted by molar-refractivity contribution is 4.87. The van der Waals surface area contributed by atoms with Gasteiger partial charge in [0, 0.05) is 6.61 Å². The third kappa shape index (κ3) is 1.50. The van der Waals surface area contributed by atoms with Gasteiger partial charge in [0.25, 0.3) is 0 Å². The van der Waals surface area contributed by atoms with Gasteiger partial charge < -0.3 is 10.4 Å². The summed E-state index contributed by atoms with van der Waals surface area (Å²) in [7, 11) is 1.96. The van der Waals surface area contributed by atoms with Crippen LogP contribution in [0.4, 0.5) is 0 Å². The number of hydrogen-bond acceptors (Lipinski definition) is 2. The molecule has 0 heterocycles. The average molecular weight is 143 g/mol. The molecule has 2 N–H and O–H groups in total. The van der Waals surface area contributed by atoms with E-state index >= 15 is 0 Å². The molecule has 0 aromatic rings. The van der Waals surface area contributed by atoms with Crippen molar-refractivity contribution in [2.45, 2.75) is 25.7 Å². The highest BCUT2D eigenvalue weighted by Gasteiger charge is 2.35. The lowest BCUT2D eigenvalue weighted by atomic mass is 9.67. The Balaban J connectivity index is 2.20. The van der Waals surface area contributed by atoms with Crippen molar-refractivity contribution in [3.63, 3.8) is 0 Å². The summed E-state index contributed by atoms with van der Waals surface area (Å²) in [6.45, 7) is 1.43. The van der Waals surface area contributed by atoms with Crippen molar-refractivity contribution in [1.82, 2.24) is 5.32 Å². The van der Waals surface area contributed by atoms with Crippen LogP contribution in [0.3, 0.4) is 0 Å². The molecule has 0 radical (unpaired) electrons. The molecule has 0 saturated heterocycles. The van der Waals surface area contributed by atoms with E-state index in [1.165, 1.54) is 19.3 Å². The molecule has 2 nitrogen and oxygen atoms in total. The molecule has 0 unspecified atom stereocenters. The SMILES string of the molecule is CNCCC1(CO)CCC1. The monoisotopic (exact) mass is 143 g/mol. The highest BCUT2D eigenvalue weighted by Crippen LogP contribution is 2.42. The number of rotatable bonds is 4. The van der Waals surface area contributed by atoms with Crippen molar-refractivity contribution in [2.24, 2.45) is 5.41 Å². The molecule has 0 spiro atoms. The van der Waals surface area contributed by atoms with Crippen LogP contribution >= 0.6 is 0 Å². The Labute approximate surface area is 62.6 Å². The maximum absolute atomic E-state index is 9.04. The van der Waals surface area contributed by atoms with Gasteiger partial charge in [-0.25, -0.2) is 0 Å². The lowest BCUT2D eigenvalue weighted by molar-refractivity contribution is 0.0369. The zero-order valence-corrected chi connectivity index (χ0v) is 6.69. The normalized spacial score (nSPS) is 22.2. The van der Waals surface area contributed by atoms with Crippen LogP contribution in [0.5, 0.6) is 0 Å². The summed E-state index contributed by atoms with van der Waals surface area (Å²) in [5.41, 5.74) is 0.309. The molecule has 2 heteroatoms. The second-order valence-electron chi connectivity index (χ2n) is 3.37. The number of nitrogens with one attached hydrogen (secondary N) is 1. The molecule has 1 fully saturated rings. The fourth-order valence-corrected chi connectivity index (χ4v) is 1.55. The van der Waals surface area contributed by atoms with Crippen LogP contribution in [0.15, 0.2) is 0 Å². The summed E-state index contributed by atoms with van der Waals surface area (Å²) in [5.74, 6) is 0. The molecule has 0 atom stereocenters. The van der Waals surface area contributed by atoms with Crippen LogP contribution < -0.4 is 5.32 Å². The summed E-state index contributed by atoms with van der Waals surface area (Å²) >= 11 is 0. The number of aliphatic hydroxyl groups excluding tert-OH is 1. The van der Waals surface area contributed by atoms with Gasteiger partial charge in [0.15, 0.2) is 0 Å². The first kappa shape index (κ1) is 8.02. The largest absolute Gasteiger partial charge is 0.396 e. The van der Waals surface area contributed by atoms with Gasteiger partial charge in [0.05, 0.1) is 0 Å². The van der Waals surface area contributed by atoms with Crippen LogP contribution in [0.25, 0.3) is 0 Å². The minimum absolute atomic E-state index is 0.309. The van der Waals surface area contributed by atoms with Gasteiger partial charge in [-0.15, -0.1) is 0 Å². The van der Waals surface area contributed by atoms with E-state index in [0.29, 0.717) is 12.0 Å². The Hall–Kier alpha value is -0.0800. The molecule has 60 valence electrons. The number of hydrogen-bond donors (Lipinski definition) is 2.